The Balaban J connectivity index is 0.000000627. The van der Waals surface area contributed by atoms with Crippen molar-refractivity contribution in [2.45, 2.75) is 273 Å². The average Bonchev–Trinajstić information content (AvgIpc) is 0.875. The minimum Gasteiger partial charge on any atom is -0.461 e. The molecule has 24 heteroatoms. The van der Waals surface area contributed by atoms with Crippen molar-refractivity contribution < 1.29 is 95.2 Å². The molecule has 4 fully saturated rings. The summed E-state index contributed by atoms with van der Waals surface area (Å²) in [5.41, 5.74) is -2.70. The molecule has 94 heavy (non-hydrogen) atoms. The van der Waals surface area contributed by atoms with Gasteiger partial charge in [0, 0.05) is 23.3 Å². The molecule has 4 heterocycles. The predicted octanol–water partition coefficient (Wildman–Crippen LogP) is 12.0. The van der Waals surface area contributed by atoms with Crippen LogP contribution in [0.25, 0.3) is 0 Å². The van der Waals surface area contributed by atoms with Crippen LogP contribution in [0, 0.1) is 23.7 Å². The molecule has 8 unspecified atom stereocenters. The number of rotatable bonds is 26. The van der Waals surface area contributed by atoms with Crippen molar-refractivity contribution in [2.75, 3.05) is 52.6 Å². The number of hydrogen-bond donors (Lipinski definition) is 4. The second kappa shape index (κ2) is 37.9. The van der Waals surface area contributed by atoms with Crippen molar-refractivity contribution in [1.29, 1.82) is 0 Å². The molecule has 0 aromatic rings. The zero-order valence-electron chi connectivity index (χ0n) is 61.1. The molecule has 24 nitrogen and oxygen atoms in total. The zero-order valence-corrected chi connectivity index (χ0v) is 61.1. The van der Waals surface area contributed by atoms with Gasteiger partial charge in [0.05, 0.1) is 60.8 Å². The van der Waals surface area contributed by atoms with Gasteiger partial charge in [-0.3, -0.25) is 0 Å². The molecular formula is C70H120N4O20. The Labute approximate surface area is 561 Å². The lowest BCUT2D eigenvalue weighted by Gasteiger charge is -2.49. The number of carbonyl (C=O) groups is 8. The molecule has 0 aromatic heterocycles. The van der Waals surface area contributed by atoms with Crippen LogP contribution in [0.15, 0.2) is 49.6 Å². The van der Waals surface area contributed by atoms with Crippen LogP contribution in [0.5, 0.6) is 0 Å². The summed E-state index contributed by atoms with van der Waals surface area (Å²) < 4.78 is 66.1. The van der Waals surface area contributed by atoms with E-state index in [1.165, 1.54) is 0 Å². The number of ether oxygens (including phenoxy) is 12. The molecule has 4 aliphatic rings. The van der Waals surface area contributed by atoms with Crippen molar-refractivity contribution in [3.05, 3.63) is 49.6 Å². The summed E-state index contributed by atoms with van der Waals surface area (Å²) >= 11 is 0. The lowest BCUT2D eigenvalue weighted by Crippen LogP contribution is -2.55. The van der Waals surface area contributed by atoms with E-state index in [0.717, 1.165) is 63.5 Å². The Bertz CT molecular complexity index is 2540. The van der Waals surface area contributed by atoms with Gasteiger partial charge in [0.2, 0.25) is 0 Å². The third-order valence-electron chi connectivity index (χ3n) is 18.1. The quantitative estimate of drug-likeness (QED) is 0.0271. The molecule has 0 spiro atoms. The van der Waals surface area contributed by atoms with Gasteiger partial charge in [-0.25, -0.2) is 38.4 Å². The number of alkyl carbamates (subject to hydrolysis) is 4. The van der Waals surface area contributed by atoms with E-state index < -0.39 is 70.7 Å². The second-order valence-corrected chi connectivity index (χ2v) is 28.7. The Morgan fingerprint density at radius 3 is 0.957 bits per heavy atom. The molecule has 8 atom stereocenters. The largest absolute Gasteiger partial charge is 0.461 e. The van der Waals surface area contributed by atoms with E-state index >= 15 is 0 Å². The van der Waals surface area contributed by atoms with Gasteiger partial charge in [-0.2, -0.15) is 0 Å². The number of hydrogen-bond acceptors (Lipinski definition) is 20. The Kier molecular flexibility index (Phi) is 34.6. The van der Waals surface area contributed by atoms with Crippen LogP contribution in [0.1, 0.15) is 204 Å². The normalized spacial score (nSPS) is 25.1. The third kappa shape index (κ3) is 29.0. The molecular weight excluding hydrogens is 1220 g/mol. The van der Waals surface area contributed by atoms with E-state index in [-0.39, 0.29) is 99.4 Å². The molecule has 0 aliphatic carbocycles. The second-order valence-electron chi connectivity index (χ2n) is 28.7. The standard InChI is InChI=1S/2C18H31NO5.2C17H29NO5/c1-12(2)15(20)22-11-10-19-16(21)24-17(5,6)14-8-9-18(7,23-14)13(3)4;1-12(2)15(20)22-11-10-19-16(21)23-14-8-9-18(7,13(3)4)24-17(14,5)6;1-7-14(19)21-11-10-18-15(20)23-16(4,5)13-8-9-17(6,22-13)12(2)3;1-7-14(19)21-11-10-18-15(20)22-13-8-9-17(6,12(2)3)23-16(13,4)5/h2*13-14H,1,8-11H2,2-7H3,(H,19,21);2*7,12-13H,1,8-11H2,2-6H3,(H,18,20). The lowest BCUT2D eigenvalue weighted by atomic mass is 9.79. The number of carbonyl (C=O) groups excluding carboxylic acids is 8. The Hall–Kier alpha value is -6.24. The van der Waals surface area contributed by atoms with E-state index in [2.05, 4.69) is 131 Å². The first-order chi connectivity index (χ1) is 43.2. The topological polar surface area (TPSA) is 295 Å². The minimum atomic E-state index is -0.731. The van der Waals surface area contributed by atoms with Gasteiger partial charge < -0.3 is 78.1 Å². The summed E-state index contributed by atoms with van der Waals surface area (Å²) in [6.45, 7) is 58.4. The fourth-order valence-corrected chi connectivity index (χ4v) is 10.3. The highest BCUT2D eigenvalue weighted by Crippen LogP contribution is 2.44. The van der Waals surface area contributed by atoms with E-state index in [0.29, 0.717) is 34.8 Å². The Morgan fingerprint density at radius 1 is 0.447 bits per heavy atom. The van der Waals surface area contributed by atoms with Gasteiger partial charge >= 0.3 is 48.3 Å². The smallest absolute Gasteiger partial charge is 0.407 e. The van der Waals surface area contributed by atoms with Gasteiger partial charge in [-0.1, -0.05) is 81.7 Å². The van der Waals surface area contributed by atoms with Crippen LogP contribution in [0.4, 0.5) is 19.2 Å². The third-order valence-corrected chi connectivity index (χ3v) is 18.1. The van der Waals surface area contributed by atoms with Gasteiger partial charge in [0.1, 0.15) is 61.0 Å². The molecule has 0 radical (unpaired) electrons. The molecule has 0 bridgehead atoms. The fraction of sp³-hybridized carbons (Fsp3) is 0.771. The number of esters is 4. The highest BCUT2D eigenvalue weighted by Gasteiger charge is 2.50. The van der Waals surface area contributed by atoms with Gasteiger partial charge in [-0.15, -0.1) is 0 Å². The van der Waals surface area contributed by atoms with Crippen LogP contribution in [0.2, 0.25) is 0 Å². The maximum Gasteiger partial charge on any atom is 0.407 e. The van der Waals surface area contributed by atoms with Gasteiger partial charge in [-0.05, 0) is 172 Å². The molecule has 4 saturated heterocycles. The van der Waals surface area contributed by atoms with E-state index in [4.69, 9.17) is 56.8 Å². The summed E-state index contributed by atoms with van der Waals surface area (Å²) in [5.74, 6) is -0.419. The fourth-order valence-electron chi connectivity index (χ4n) is 10.3. The molecule has 4 aliphatic heterocycles. The summed E-state index contributed by atoms with van der Waals surface area (Å²) in [6, 6.07) is 0. The van der Waals surface area contributed by atoms with E-state index in [1.807, 2.05) is 55.4 Å². The highest BCUT2D eigenvalue weighted by atomic mass is 16.6. The van der Waals surface area contributed by atoms with Gasteiger partial charge in [0.15, 0.2) is 0 Å². The first kappa shape index (κ1) is 85.8. The lowest BCUT2D eigenvalue weighted by molar-refractivity contribution is -0.228. The van der Waals surface area contributed by atoms with Crippen molar-refractivity contribution in [3.63, 3.8) is 0 Å². The number of nitrogens with one attached hydrogen (secondary N) is 4. The molecule has 540 valence electrons. The van der Waals surface area contributed by atoms with Gasteiger partial charge in [0.25, 0.3) is 0 Å². The molecule has 4 N–H and O–H groups in total. The first-order valence-electron chi connectivity index (χ1n) is 33.0. The zero-order chi connectivity index (χ0) is 72.4. The van der Waals surface area contributed by atoms with Crippen molar-refractivity contribution in [1.82, 2.24) is 21.3 Å². The van der Waals surface area contributed by atoms with E-state index in [1.54, 1.807) is 13.8 Å². The predicted molar refractivity (Wildman–Crippen MR) is 358 cm³/mol. The maximum absolute atomic E-state index is 11.9. The highest BCUT2D eigenvalue weighted by molar-refractivity contribution is 5.87. The monoisotopic (exact) mass is 1340 g/mol. The summed E-state index contributed by atoms with van der Waals surface area (Å²) in [7, 11) is 0. The first-order valence-corrected chi connectivity index (χ1v) is 33.0. The van der Waals surface area contributed by atoms with Crippen LogP contribution in [-0.2, 0) is 76.0 Å². The van der Waals surface area contributed by atoms with Crippen LogP contribution < -0.4 is 21.3 Å². The molecule has 4 amide bonds. The van der Waals surface area contributed by atoms with Crippen molar-refractivity contribution >= 4 is 48.3 Å². The summed E-state index contributed by atoms with van der Waals surface area (Å²) in [6.07, 6.45) is 5.84. The van der Waals surface area contributed by atoms with Crippen molar-refractivity contribution in [2.24, 2.45) is 23.7 Å². The summed E-state index contributed by atoms with van der Waals surface area (Å²) in [5, 5.41) is 10.3. The minimum absolute atomic E-state index is 0.0751. The molecule has 0 aromatic carbocycles. The average molecular weight is 1340 g/mol. The number of amides is 4. The molecule has 4 rings (SSSR count). The Morgan fingerprint density at radius 2 is 0.713 bits per heavy atom. The maximum atomic E-state index is 11.9. The summed E-state index contributed by atoms with van der Waals surface area (Å²) in [4.78, 5) is 91.8. The molecule has 0 saturated carbocycles. The van der Waals surface area contributed by atoms with E-state index in [9.17, 15) is 38.4 Å². The van der Waals surface area contributed by atoms with Crippen LogP contribution in [0.3, 0.4) is 0 Å². The van der Waals surface area contributed by atoms with Crippen LogP contribution >= 0.6 is 0 Å². The SMILES string of the molecule is C=C(C)C(=O)OCCNC(=O)OC(C)(C)C1CCC(C)(C(C)C)O1.C=C(C)C(=O)OCCNC(=O)OC1CCC(C)(C(C)C)OC1(C)C.C=CC(=O)OCCNC(=O)OC(C)(C)C1CCC(C)(C(C)C)O1.C=CC(=O)OCCNC(=O)OC1CCC(C)(C(C)C)OC1(C)C. The van der Waals surface area contributed by atoms with Crippen LogP contribution in [-0.4, -0.2) is 170 Å². The van der Waals surface area contributed by atoms with Crippen molar-refractivity contribution in [3.8, 4) is 0 Å².